The number of Topliss-reactive ketones (excluding diaryl/α,β-unsaturated/α-hetero) is 1. The lowest BCUT2D eigenvalue weighted by Crippen LogP contribution is -2.62. The van der Waals surface area contributed by atoms with E-state index >= 15 is 0 Å². The van der Waals surface area contributed by atoms with Crippen LogP contribution >= 0.6 is 0 Å². The Morgan fingerprint density at radius 3 is 2.02 bits per heavy atom. The maximum atomic E-state index is 14.3. The van der Waals surface area contributed by atoms with Crippen molar-refractivity contribution in [3.63, 3.8) is 0 Å². The van der Waals surface area contributed by atoms with Gasteiger partial charge in [0.05, 0.1) is 12.1 Å². The van der Waals surface area contributed by atoms with Gasteiger partial charge >= 0.3 is 6.03 Å². The lowest BCUT2D eigenvalue weighted by atomic mass is 9.80. The van der Waals surface area contributed by atoms with Crippen LogP contribution in [-0.4, -0.2) is 79.9 Å². The second-order valence-corrected chi connectivity index (χ2v) is 16.2. The van der Waals surface area contributed by atoms with Crippen LogP contribution in [0.4, 0.5) is 4.79 Å². The molecular formula is C33H52N6O7. The first kappa shape index (κ1) is 35.1. The predicted molar refractivity (Wildman–Crippen MR) is 170 cm³/mol. The van der Waals surface area contributed by atoms with Gasteiger partial charge in [0.2, 0.25) is 17.6 Å². The first-order valence-electron chi connectivity index (χ1n) is 16.2. The summed E-state index contributed by atoms with van der Waals surface area (Å²) in [6.07, 6.45) is 3.18. The number of rotatable bonds is 11. The molecule has 2 heterocycles. The Morgan fingerprint density at radius 2 is 1.54 bits per heavy atom. The Labute approximate surface area is 271 Å². The van der Waals surface area contributed by atoms with Crippen molar-refractivity contribution in [2.24, 2.45) is 39.7 Å². The Bertz CT molecular complexity index is 1350. The third-order valence-electron chi connectivity index (χ3n) is 10.5. The quantitative estimate of drug-likeness (QED) is 0.199. The highest BCUT2D eigenvalue weighted by molar-refractivity contribution is 6.37. The molecule has 1 unspecified atom stereocenters. The molecule has 4 rings (SSSR count). The molecule has 0 spiro atoms. The number of aromatic hydroxyl groups is 2. The highest BCUT2D eigenvalue weighted by Crippen LogP contribution is 2.65. The Balaban J connectivity index is 1.54. The molecule has 2 saturated carbocycles. The molecule has 2 aliphatic carbocycles. The van der Waals surface area contributed by atoms with Crippen molar-refractivity contribution in [2.45, 2.75) is 112 Å². The second-order valence-electron chi connectivity index (χ2n) is 16.2. The number of amides is 5. The molecule has 1 saturated heterocycles. The fourth-order valence-corrected chi connectivity index (χ4v) is 7.03. The highest BCUT2D eigenvalue weighted by atomic mass is 16.3. The highest BCUT2D eigenvalue weighted by Gasteiger charge is 2.70. The van der Waals surface area contributed by atoms with Crippen molar-refractivity contribution in [1.29, 1.82) is 0 Å². The van der Waals surface area contributed by atoms with E-state index in [0.717, 1.165) is 19.3 Å². The van der Waals surface area contributed by atoms with E-state index in [1.54, 1.807) is 0 Å². The van der Waals surface area contributed by atoms with Crippen LogP contribution in [0.1, 0.15) is 81.1 Å². The van der Waals surface area contributed by atoms with Gasteiger partial charge in [-0.2, -0.15) is 0 Å². The minimum Gasteiger partial charge on any atom is -0.494 e. The maximum absolute atomic E-state index is 14.3. The van der Waals surface area contributed by atoms with Crippen molar-refractivity contribution in [3.05, 3.63) is 12.1 Å². The standard InChI is InChI=1S/C33H52N6O7/c1-31(2,3)20(16-38-21(40)12-13-22(38)41)36-30(46)37-26(32(4,5)6)29(45)39-15-18-23(33(18,7)8)24(39)28(44)35-19(25(42)27(34)43)14-17-10-9-11-17/h12-13,17-20,23-24,26,40-41H,9-11,14-16H2,1-8H3,(H2,34,43)(H,35,44)(H2,36,37,46)/t18-,19?,20+,23-,24-,26+/m0/s1. The normalized spacial score (nSPS) is 24.2. The van der Waals surface area contributed by atoms with Gasteiger partial charge in [-0.15, -0.1) is 0 Å². The fourth-order valence-electron chi connectivity index (χ4n) is 7.03. The lowest BCUT2D eigenvalue weighted by molar-refractivity contribution is -0.145. The number of hydrogen-bond donors (Lipinski definition) is 6. The Morgan fingerprint density at radius 1 is 0.957 bits per heavy atom. The summed E-state index contributed by atoms with van der Waals surface area (Å²) in [5, 5.41) is 28.9. The van der Waals surface area contributed by atoms with Gasteiger partial charge in [-0.3, -0.25) is 23.7 Å². The lowest BCUT2D eigenvalue weighted by Gasteiger charge is -2.39. The molecule has 3 aliphatic rings. The molecule has 5 amide bonds. The number of piperidine rings is 1. The van der Waals surface area contributed by atoms with Crippen LogP contribution in [0.5, 0.6) is 11.8 Å². The molecule has 13 nitrogen and oxygen atoms in total. The minimum atomic E-state index is -1.10. The minimum absolute atomic E-state index is 0.0609. The number of nitrogens with two attached hydrogens (primary N) is 1. The summed E-state index contributed by atoms with van der Waals surface area (Å²) in [4.78, 5) is 67.8. The summed E-state index contributed by atoms with van der Waals surface area (Å²) >= 11 is 0. The Kier molecular flexibility index (Phi) is 9.49. The van der Waals surface area contributed by atoms with E-state index in [4.69, 9.17) is 5.73 Å². The molecule has 3 fully saturated rings. The van der Waals surface area contributed by atoms with Crippen LogP contribution in [0.2, 0.25) is 0 Å². The predicted octanol–water partition coefficient (Wildman–Crippen LogP) is 2.24. The first-order chi connectivity index (χ1) is 21.1. The van der Waals surface area contributed by atoms with Gasteiger partial charge in [-0.25, -0.2) is 4.79 Å². The van der Waals surface area contributed by atoms with Crippen molar-refractivity contribution >= 4 is 29.5 Å². The molecule has 0 radical (unpaired) electrons. The molecule has 7 N–H and O–H groups in total. The number of hydrogen-bond acceptors (Lipinski definition) is 7. The number of aromatic nitrogens is 1. The number of urea groups is 1. The molecule has 256 valence electrons. The van der Waals surface area contributed by atoms with Crippen molar-refractivity contribution in [1.82, 2.24) is 25.4 Å². The molecule has 0 aromatic carbocycles. The largest absolute Gasteiger partial charge is 0.494 e. The van der Waals surface area contributed by atoms with E-state index in [2.05, 4.69) is 16.0 Å². The van der Waals surface area contributed by atoms with Gasteiger partial charge < -0.3 is 36.8 Å². The van der Waals surface area contributed by atoms with E-state index in [-0.39, 0.29) is 41.5 Å². The van der Waals surface area contributed by atoms with E-state index in [9.17, 15) is 34.2 Å². The zero-order chi connectivity index (χ0) is 34.5. The van der Waals surface area contributed by atoms with Gasteiger partial charge in [-0.1, -0.05) is 74.7 Å². The molecule has 1 aliphatic heterocycles. The number of carbonyl (C=O) groups is 5. The molecule has 1 aromatic rings. The number of primary amides is 1. The van der Waals surface area contributed by atoms with Crippen molar-refractivity contribution in [2.75, 3.05) is 6.54 Å². The molecule has 1 aromatic heterocycles. The number of ketones is 1. The number of likely N-dealkylation sites (tertiary alicyclic amines) is 1. The summed E-state index contributed by atoms with van der Waals surface area (Å²) in [5.74, 6) is -3.03. The number of nitrogens with one attached hydrogen (secondary N) is 3. The molecule has 46 heavy (non-hydrogen) atoms. The van der Waals surface area contributed by atoms with Crippen LogP contribution < -0.4 is 21.7 Å². The van der Waals surface area contributed by atoms with Crippen LogP contribution in [-0.2, 0) is 25.7 Å². The van der Waals surface area contributed by atoms with E-state index in [0.29, 0.717) is 13.0 Å². The van der Waals surface area contributed by atoms with Crippen LogP contribution in [0.25, 0.3) is 0 Å². The third-order valence-corrected chi connectivity index (χ3v) is 10.5. The molecular weight excluding hydrogens is 592 g/mol. The van der Waals surface area contributed by atoms with E-state index < -0.39 is 64.5 Å². The number of nitrogens with zero attached hydrogens (tertiary/aromatic N) is 2. The summed E-state index contributed by atoms with van der Waals surface area (Å²) in [6.45, 7) is 15.7. The monoisotopic (exact) mass is 644 g/mol. The van der Waals surface area contributed by atoms with E-state index in [1.807, 2.05) is 55.4 Å². The topological polar surface area (TPSA) is 196 Å². The summed E-state index contributed by atoms with van der Waals surface area (Å²) < 4.78 is 1.28. The molecule has 0 bridgehead atoms. The number of fused-ring (bicyclic) bond motifs is 1. The SMILES string of the molecule is CC(C)(C)[C@H](NC(=O)N[C@H](Cn1c(O)ccc1O)C(C)(C)C)C(=O)N1C[C@H]2[C@@H]([C@H]1C(=O)NC(CC1CCC1)C(=O)C(N)=O)C2(C)C. The summed E-state index contributed by atoms with van der Waals surface area (Å²) in [6, 6.07) is -1.40. The van der Waals surface area contributed by atoms with Crippen molar-refractivity contribution < 1.29 is 34.2 Å². The smallest absolute Gasteiger partial charge is 0.315 e. The van der Waals surface area contributed by atoms with E-state index in [1.165, 1.54) is 21.6 Å². The average Bonchev–Trinajstić information content (AvgIpc) is 3.20. The zero-order valence-electron chi connectivity index (χ0n) is 28.3. The summed E-state index contributed by atoms with van der Waals surface area (Å²) in [5.41, 5.74) is 3.88. The average molecular weight is 645 g/mol. The zero-order valence-corrected chi connectivity index (χ0v) is 28.3. The van der Waals surface area contributed by atoms with Gasteiger partial charge in [-0.05, 0) is 40.4 Å². The summed E-state index contributed by atoms with van der Waals surface area (Å²) in [7, 11) is 0. The molecule has 6 atom stereocenters. The number of carbonyl (C=O) groups excluding carboxylic acids is 5. The molecule has 13 heteroatoms. The van der Waals surface area contributed by atoms with Crippen LogP contribution in [0.15, 0.2) is 12.1 Å². The van der Waals surface area contributed by atoms with Gasteiger partial charge in [0, 0.05) is 25.2 Å². The van der Waals surface area contributed by atoms with Gasteiger partial charge in [0.15, 0.2) is 11.8 Å². The first-order valence-corrected chi connectivity index (χ1v) is 16.2. The second kappa shape index (κ2) is 12.4. The Hall–Kier alpha value is -3.77. The van der Waals surface area contributed by atoms with Gasteiger partial charge in [0.25, 0.3) is 5.91 Å². The van der Waals surface area contributed by atoms with Gasteiger partial charge in [0.1, 0.15) is 12.1 Å². The maximum Gasteiger partial charge on any atom is 0.315 e. The van der Waals surface area contributed by atoms with Crippen LogP contribution in [0, 0.1) is 34.0 Å². The third kappa shape index (κ3) is 7.12. The van der Waals surface area contributed by atoms with Crippen molar-refractivity contribution in [3.8, 4) is 11.8 Å². The fraction of sp³-hybridized carbons (Fsp3) is 0.727. The van der Waals surface area contributed by atoms with Crippen LogP contribution in [0.3, 0.4) is 0 Å².